The molecule has 23 heavy (non-hydrogen) atoms. The smallest absolute Gasteiger partial charge is 0.192 e. The Bertz CT molecular complexity index is 854. The van der Waals surface area contributed by atoms with Crippen LogP contribution in [0.15, 0.2) is 53.5 Å². The van der Waals surface area contributed by atoms with Gasteiger partial charge in [0.25, 0.3) is 0 Å². The Kier molecular flexibility index (Phi) is 4.05. The molecule has 1 aromatic heterocycles. The van der Waals surface area contributed by atoms with E-state index in [2.05, 4.69) is 15.0 Å². The number of ether oxygens (including phenoxy) is 1. The van der Waals surface area contributed by atoms with E-state index in [1.165, 1.54) is 0 Å². The molecule has 116 valence electrons. The van der Waals surface area contributed by atoms with Crippen molar-refractivity contribution in [1.29, 1.82) is 0 Å². The molecule has 6 nitrogen and oxygen atoms in total. The van der Waals surface area contributed by atoms with Crippen molar-refractivity contribution in [3.63, 3.8) is 0 Å². The molecule has 0 unspecified atom stereocenters. The minimum atomic E-state index is -0.0238. The van der Waals surface area contributed by atoms with E-state index < -0.39 is 0 Å². The van der Waals surface area contributed by atoms with Crippen molar-refractivity contribution in [3.8, 4) is 5.75 Å². The van der Waals surface area contributed by atoms with E-state index in [4.69, 9.17) is 16.2 Å². The van der Waals surface area contributed by atoms with Gasteiger partial charge in [0, 0.05) is 11.8 Å². The fraction of sp³-hybridized carbons (Fsp3) is 0.118. The summed E-state index contributed by atoms with van der Waals surface area (Å²) in [7, 11) is 1.64. The Hall–Kier alpha value is -3.15. The Morgan fingerprint density at radius 2 is 1.78 bits per heavy atom. The summed E-state index contributed by atoms with van der Waals surface area (Å²) in [5.41, 5.74) is 12.9. The van der Waals surface area contributed by atoms with E-state index in [1.807, 2.05) is 48.5 Å². The highest BCUT2D eigenvalue weighted by Gasteiger charge is 2.08. The van der Waals surface area contributed by atoms with Crippen molar-refractivity contribution in [1.82, 2.24) is 9.97 Å². The van der Waals surface area contributed by atoms with E-state index in [0.717, 1.165) is 22.2 Å². The zero-order chi connectivity index (χ0) is 16.2. The summed E-state index contributed by atoms with van der Waals surface area (Å²) in [6.45, 7) is 0. The summed E-state index contributed by atoms with van der Waals surface area (Å²) in [6.07, 6.45) is 0.585. The molecule has 0 saturated carbocycles. The van der Waals surface area contributed by atoms with Gasteiger partial charge in [-0.2, -0.15) is 4.99 Å². The first kappa shape index (κ1) is 14.8. The van der Waals surface area contributed by atoms with Crippen molar-refractivity contribution in [2.75, 3.05) is 7.11 Å². The van der Waals surface area contributed by atoms with Gasteiger partial charge in [-0.3, -0.25) is 0 Å². The molecule has 4 N–H and O–H groups in total. The van der Waals surface area contributed by atoms with Crippen LogP contribution in [0.3, 0.4) is 0 Å². The van der Waals surface area contributed by atoms with Crippen molar-refractivity contribution in [2.24, 2.45) is 16.5 Å². The maximum atomic E-state index is 5.50. The van der Waals surface area contributed by atoms with Crippen LogP contribution < -0.4 is 16.2 Å². The van der Waals surface area contributed by atoms with Crippen molar-refractivity contribution < 1.29 is 4.74 Å². The third-order valence-corrected chi connectivity index (χ3v) is 3.39. The zero-order valence-electron chi connectivity index (χ0n) is 12.7. The summed E-state index contributed by atoms with van der Waals surface area (Å²) in [5, 5.41) is 0.819. The maximum absolute atomic E-state index is 5.50. The fourth-order valence-electron chi connectivity index (χ4n) is 2.32. The van der Waals surface area contributed by atoms with Crippen LogP contribution in [-0.2, 0) is 6.42 Å². The standard InChI is InChI=1S/C17H17N5O/c1-23-12-8-6-11(7-9-12)10-15-20-14-5-3-2-4-13(14)16(21-15)22-17(18)19/h2-9H,10H2,1H3,(H4,18,19,20,21,22). The second kappa shape index (κ2) is 6.31. The van der Waals surface area contributed by atoms with Crippen LogP contribution in [0.1, 0.15) is 11.4 Å². The molecule has 3 rings (SSSR count). The van der Waals surface area contributed by atoms with Gasteiger partial charge in [0.2, 0.25) is 0 Å². The van der Waals surface area contributed by atoms with Gasteiger partial charge in [0.05, 0.1) is 12.6 Å². The van der Waals surface area contributed by atoms with Crippen LogP contribution in [0.5, 0.6) is 5.75 Å². The van der Waals surface area contributed by atoms with Crippen LogP contribution in [0, 0.1) is 0 Å². The summed E-state index contributed by atoms with van der Waals surface area (Å²) in [6, 6.07) is 15.4. The van der Waals surface area contributed by atoms with Gasteiger partial charge in [-0.05, 0) is 29.8 Å². The predicted molar refractivity (Wildman–Crippen MR) is 90.8 cm³/mol. The molecule has 6 heteroatoms. The molecule has 0 radical (unpaired) electrons. The van der Waals surface area contributed by atoms with Crippen molar-refractivity contribution in [3.05, 3.63) is 59.9 Å². The second-order valence-electron chi connectivity index (χ2n) is 5.04. The molecule has 3 aromatic rings. The van der Waals surface area contributed by atoms with E-state index >= 15 is 0 Å². The van der Waals surface area contributed by atoms with E-state index in [9.17, 15) is 0 Å². The first-order valence-corrected chi connectivity index (χ1v) is 7.14. The number of hydrogen-bond acceptors (Lipinski definition) is 4. The van der Waals surface area contributed by atoms with Gasteiger partial charge in [0.15, 0.2) is 11.8 Å². The Balaban J connectivity index is 2.01. The highest BCUT2D eigenvalue weighted by atomic mass is 16.5. The first-order chi connectivity index (χ1) is 11.2. The lowest BCUT2D eigenvalue weighted by atomic mass is 10.1. The van der Waals surface area contributed by atoms with Crippen LogP contribution in [0.4, 0.5) is 5.82 Å². The number of aromatic nitrogens is 2. The molecule has 0 amide bonds. The first-order valence-electron chi connectivity index (χ1n) is 7.14. The average Bonchev–Trinajstić information content (AvgIpc) is 2.55. The fourth-order valence-corrected chi connectivity index (χ4v) is 2.32. The van der Waals surface area contributed by atoms with E-state index in [1.54, 1.807) is 7.11 Å². The van der Waals surface area contributed by atoms with E-state index in [-0.39, 0.29) is 5.96 Å². The topological polar surface area (TPSA) is 99.4 Å². The third kappa shape index (κ3) is 3.37. The molecular weight excluding hydrogens is 290 g/mol. The maximum Gasteiger partial charge on any atom is 0.192 e. The Morgan fingerprint density at radius 3 is 2.48 bits per heavy atom. The van der Waals surface area contributed by atoms with Gasteiger partial charge in [0.1, 0.15) is 11.6 Å². The Morgan fingerprint density at radius 1 is 1.04 bits per heavy atom. The normalized spacial score (nSPS) is 10.5. The van der Waals surface area contributed by atoms with Crippen molar-refractivity contribution >= 4 is 22.7 Å². The van der Waals surface area contributed by atoms with Crippen LogP contribution in [0.2, 0.25) is 0 Å². The number of nitrogens with zero attached hydrogens (tertiary/aromatic N) is 3. The predicted octanol–water partition coefficient (Wildman–Crippen LogP) is 2.13. The number of nitrogens with two attached hydrogens (primary N) is 2. The SMILES string of the molecule is COc1ccc(Cc2nc(N=C(N)N)c3ccccc3n2)cc1. The average molecular weight is 307 g/mol. The summed E-state index contributed by atoms with van der Waals surface area (Å²) in [5.74, 6) is 1.94. The highest BCUT2D eigenvalue weighted by Crippen LogP contribution is 2.23. The largest absolute Gasteiger partial charge is 0.497 e. The minimum absolute atomic E-state index is 0.0238. The lowest BCUT2D eigenvalue weighted by Gasteiger charge is -2.07. The molecule has 0 saturated heterocycles. The lowest BCUT2D eigenvalue weighted by molar-refractivity contribution is 0.414. The lowest BCUT2D eigenvalue weighted by Crippen LogP contribution is -2.22. The summed E-state index contributed by atoms with van der Waals surface area (Å²) >= 11 is 0. The molecule has 0 fully saturated rings. The molecule has 0 aliphatic heterocycles. The Labute approximate surface area is 133 Å². The molecule has 0 aliphatic carbocycles. The molecular formula is C17H17N5O. The number of fused-ring (bicyclic) bond motifs is 1. The summed E-state index contributed by atoms with van der Waals surface area (Å²) in [4.78, 5) is 13.2. The molecule has 0 bridgehead atoms. The third-order valence-electron chi connectivity index (χ3n) is 3.39. The highest BCUT2D eigenvalue weighted by molar-refractivity contribution is 5.91. The van der Waals surface area contributed by atoms with E-state index in [0.29, 0.717) is 18.1 Å². The number of methoxy groups -OCH3 is 1. The zero-order valence-corrected chi connectivity index (χ0v) is 12.7. The van der Waals surface area contributed by atoms with Gasteiger partial charge in [-0.15, -0.1) is 0 Å². The van der Waals surface area contributed by atoms with Crippen LogP contribution in [0.25, 0.3) is 10.9 Å². The number of para-hydroxylation sites is 1. The molecule has 2 aromatic carbocycles. The molecule has 0 spiro atoms. The molecule has 1 heterocycles. The minimum Gasteiger partial charge on any atom is -0.497 e. The van der Waals surface area contributed by atoms with Gasteiger partial charge < -0.3 is 16.2 Å². The van der Waals surface area contributed by atoms with Crippen molar-refractivity contribution in [2.45, 2.75) is 6.42 Å². The molecule has 0 atom stereocenters. The summed E-state index contributed by atoms with van der Waals surface area (Å²) < 4.78 is 5.16. The number of guanidine groups is 1. The molecule has 0 aliphatic rings. The number of rotatable bonds is 4. The van der Waals surface area contributed by atoms with Gasteiger partial charge in [-0.1, -0.05) is 24.3 Å². The van der Waals surface area contributed by atoms with Gasteiger partial charge in [-0.25, -0.2) is 9.97 Å². The monoisotopic (exact) mass is 307 g/mol. The van der Waals surface area contributed by atoms with Crippen LogP contribution >= 0.6 is 0 Å². The number of benzene rings is 2. The number of hydrogen-bond donors (Lipinski definition) is 2. The second-order valence-corrected chi connectivity index (χ2v) is 5.04. The quantitative estimate of drug-likeness (QED) is 0.568. The number of aliphatic imine (C=N–C) groups is 1. The van der Waals surface area contributed by atoms with Gasteiger partial charge >= 0.3 is 0 Å². The van der Waals surface area contributed by atoms with Crippen LogP contribution in [-0.4, -0.2) is 23.0 Å².